The molecule has 1 heterocycles. The number of amides is 1. The zero-order valence-corrected chi connectivity index (χ0v) is 14.6. The summed E-state index contributed by atoms with van der Waals surface area (Å²) in [4.78, 5) is 14.9. The number of hydrogen-bond acceptors (Lipinski definition) is 2. The molecule has 2 aliphatic rings. The lowest BCUT2D eigenvalue weighted by Gasteiger charge is -2.34. The molecule has 128 valence electrons. The Bertz CT molecular complexity index is 487. The Labute approximate surface area is 146 Å². The third kappa shape index (κ3) is 4.48. The molecule has 1 aromatic rings. The van der Waals surface area contributed by atoms with Gasteiger partial charge in [0.05, 0.1) is 0 Å². The minimum absolute atomic E-state index is 0. The maximum absolute atomic E-state index is 12.7. The lowest BCUT2D eigenvalue weighted by atomic mass is 9.83. The summed E-state index contributed by atoms with van der Waals surface area (Å²) in [5, 5.41) is 0. The molecule has 1 saturated heterocycles. The van der Waals surface area contributed by atoms with Crippen LogP contribution < -0.4 is 5.73 Å². The Morgan fingerprint density at radius 2 is 1.78 bits per heavy atom. The summed E-state index contributed by atoms with van der Waals surface area (Å²) in [6.45, 7) is 0.932. The van der Waals surface area contributed by atoms with E-state index < -0.39 is 0 Å². The largest absolute Gasteiger partial charge is 0.339 e. The number of nitrogens with zero attached hydrogens (tertiary/aromatic N) is 1. The van der Waals surface area contributed by atoms with E-state index in [4.69, 9.17) is 5.73 Å². The third-order valence-electron chi connectivity index (χ3n) is 5.44. The highest BCUT2D eigenvalue weighted by Gasteiger charge is 2.35. The van der Waals surface area contributed by atoms with Crippen LogP contribution in [0.25, 0.3) is 0 Å². The zero-order valence-electron chi connectivity index (χ0n) is 13.8. The maximum atomic E-state index is 12.7. The number of hydrogen-bond donors (Lipinski definition) is 1. The van der Waals surface area contributed by atoms with Crippen molar-refractivity contribution >= 4 is 18.3 Å². The number of carbonyl (C=O) groups excluding carboxylic acids is 1. The van der Waals surface area contributed by atoms with Gasteiger partial charge in [-0.15, -0.1) is 12.4 Å². The minimum Gasteiger partial charge on any atom is -0.339 e. The summed E-state index contributed by atoms with van der Waals surface area (Å²) < 4.78 is 0. The van der Waals surface area contributed by atoms with Crippen LogP contribution in [0.2, 0.25) is 0 Å². The van der Waals surface area contributed by atoms with Gasteiger partial charge in [0.1, 0.15) is 0 Å². The smallest absolute Gasteiger partial charge is 0.224 e. The monoisotopic (exact) mass is 336 g/mol. The summed E-state index contributed by atoms with van der Waals surface area (Å²) >= 11 is 0. The fraction of sp³-hybridized carbons (Fsp3) is 0.632. The molecule has 3 rings (SSSR count). The van der Waals surface area contributed by atoms with Gasteiger partial charge in [-0.3, -0.25) is 4.79 Å². The molecule has 0 spiro atoms. The molecule has 1 aliphatic carbocycles. The van der Waals surface area contributed by atoms with E-state index >= 15 is 0 Å². The molecule has 2 fully saturated rings. The first kappa shape index (κ1) is 18.3. The van der Waals surface area contributed by atoms with E-state index in [0.29, 0.717) is 12.5 Å². The SMILES string of the molecule is Cl.NC(CC(=O)N1CCCC1C1CCCCC1)c1ccccc1. The van der Waals surface area contributed by atoms with Crippen LogP contribution in [0.15, 0.2) is 30.3 Å². The lowest BCUT2D eigenvalue weighted by Crippen LogP contribution is -2.41. The molecule has 1 saturated carbocycles. The average Bonchev–Trinajstić information content (AvgIpc) is 3.06. The standard InChI is InChI=1S/C19H28N2O.ClH/c20-17(15-8-3-1-4-9-15)14-19(22)21-13-7-12-18(21)16-10-5-2-6-11-16;/h1,3-4,8-9,16-18H,2,5-7,10-14,20H2;1H. The normalized spacial score (nSPS) is 23.3. The number of benzene rings is 1. The second-order valence-electron chi connectivity index (χ2n) is 6.92. The van der Waals surface area contributed by atoms with Crippen molar-refractivity contribution in [1.82, 2.24) is 4.90 Å². The predicted octanol–water partition coefficient (Wildman–Crippen LogP) is 4.07. The van der Waals surface area contributed by atoms with Gasteiger partial charge in [0.25, 0.3) is 0 Å². The highest BCUT2D eigenvalue weighted by atomic mass is 35.5. The Balaban J connectivity index is 0.00000192. The van der Waals surface area contributed by atoms with E-state index in [0.717, 1.165) is 24.4 Å². The van der Waals surface area contributed by atoms with Gasteiger partial charge >= 0.3 is 0 Å². The molecule has 23 heavy (non-hydrogen) atoms. The first-order valence-electron chi connectivity index (χ1n) is 8.85. The summed E-state index contributed by atoms with van der Waals surface area (Å²) in [7, 11) is 0. The van der Waals surface area contributed by atoms with Crippen LogP contribution in [0.1, 0.15) is 63.0 Å². The summed E-state index contributed by atoms with van der Waals surface area (Å²) in [5.41, 5.74) is 7.30. The number of likely N-dealkylation sites (tertiary alicyclic amines) is 1. The van der Waals surface area contributed by atoms with Crippen molar-refractivity contribution in [2.24, 2.45) is 11.7 Å². The van der Waals surface area contributed by atoms with Crippen molar-refractivity contribution in [3.8, 4) is 0 Å². The molecule has 2 unspecified atom stereocenters. The number of nitrogens with two attached hydrogens (primary N) is 1. The summed E-state index contributed by atoms with van der Waals surface area (Å²) in [6, 6.07) is 10.3. The molecule has 0 bridgehead atoms. The van der Waals surface area contributed by atoms with Gasteiger partial charge in [-0.05, 0) is 37.2 Å². The summed E-state index contributed by atoms with van der Waals surface area (Å²) in [5.74, 6) is 0.984. The van der Waals surface area contributed by atoms with Crippen LogP contribution in [0.3, 0.4) is 0 Å². The van der Waals surface area contributed by atoms with Crippen molar-refractivity contribution in [3.63, 3.8) is 0 Å². The number of halogens is 1. The highest BCUT2D eigenvalue weighted by Crippen LogP contribution is 2.35. The van der Waals surface area contributed by atoms with Crippen LogP contribution in [0, 0.1) is 5.92 Å². The summed E-state index contributed by atoms with van der Waals surface area (Å²) in [6.07, 6.45) is 9.45. The average molecular weight is 337 g/mol. The quantitative estimate of drug-likeness (QED) is 0.900. The highest BCUT2D eigenvalue weighted by molar-refractivity contribution is 5.85. The van der Waals surface area contributed by atoms with Crippen molar-refractivity contribution in [2.75, 3.05) is 6.54 Å². The Morgan fingerprint density at radius 1 is 1.09 bits per heavy atom. The number of carbonyl (C=O) groups is 1. The van der Waals surface area contributed by atoms with Gasteiger partial charge in [0, 0.05) is 25.0 Å². The molecule has 0 radical (unpaired) electrons. The van der Waals surface area contributed by atoms with Gasteiger partial charge < -0.3 is 10.6 Å². The van der Waals surface area contributed by atoms with Crippen molar-refractivity contribution < 1.29 is 4.79 Å². The molecule has 1 aliphatic heterocycles. The van der Waals surface area contributed by atoms with Crippen LogP contribution >= 0.6 is 12.4 Å². The van der Waals surface area contributed by atoms with Crippen LogP contribution in [-0.4, -0.2) is 23.4 Å². The van der Waals surface area contributed by atoms with Crippen molar-refractivity contribution in [1.29, 1.82) is 0 Å². The van der Waals surface area contributed by atoms with E-state index in [-0.39, 0.29) is 24.4 Å². The molecular weight excluding hydrogens is 308 g/mol. The second-order valence-corrected chi connectivity index (χ2v) is 6.92. The predicted molar refractivity (Wildman–Crippen MR) is 96.5 cm³/mol. The number of rotatable bonds is 4. The molecule has 1 amide bonds. The maximum Gasteiger partial charge on any atom is 0.224 e. The minimum atomic E-state index is -0.179. The van der Waals surface area contributed by atoms with Crippen molar-refractivity contribution in [3.05, 3.63) is 35.9 Å². The van der Waals surface area contributed by atoms with E-state index in [2.05, 4.69) is 4.90 Å². The van der Waals surface area contributed by atoms with Crippen LogP contribution in [0.4, 0.5) is 0 Å². The Kier molecular flexibility index (Phi) is 6.91. The van der Waals surface area contributed by atoms with E-state index in [9.17, 15) is 4.79 Å². The molecule has 0 aromatic heterocycles. The van der Waals surface area contributed by atoms with Gasteiger partial charge in [0.2, 0.25) is 5.91 Å². The first-order valence-corrected chi connectivity index (χ1v) is 8.85. The first-order chi connectivity index (χ1) is 10.8. The van der Waals surface area contributed by atoms with Gasteiger partial charge in [-0.25, -0.2) is 0 Å². The van der Waals surface area contributed by atoms with Gasteiger partial charge in [0.15, 0.2) is 0 Å². The molecule has 2 N–H and O–H groups in total. The Morgan fingerprint density at radius 3 is 2.48 bits per heavy atom. The fourth-order valence-electron chi connectivity index (χ4n) is 4.23. The van der Waals surface area contributed by atoms with Crippen LogP contribution in [-0.2, 0) is 4.79 Å². The molecule has 1 aromatic carbocycles. The van der Waals surface area contributed by atoms with Crippen LogP contribution in [0.5, 0.6) is 0 Å². The fourth-order valence-corrected chi connectivity index (χ4v) is 4.23. The molecule has 3 nitrogen and oxygen atoms in total. The van der Waals surface area contributed by atoms with E-state index in [1.165, 1.54) is 38.5 Å². The second kappa shape index (κ2) is 8.70. The third-order valence-corrected chi connectivity index (χ3v) is 5.44. The lowest BCUT2D eigenvalue weighted by molar-refractivity contribution is -0.133. The molecule has 2 atom stereocenters. The van der Waals surface area contributed by atoms with Crippen molar-refractivity contribution in [2.45, 2.75) is 63.5 Å². The Hall–Kier alpha value is -1.06. The molecule has 4 heteroatoms. The topological polar surface area (TPSA) is 46.3 Å². The molecular formula is C19H29ClN2O. The van der Waals surface area contributed by atoms with Gasteiger partial charge in [-0.2, -0.15) is 0 Å². The van der Waals surface area contributed by atoms with Gasteiger partial charge in [-0.1, -0.05) is 49.6 Å². The van der Waals surface area contributed by atoms with E-state index in [1.807, 2.05) is 30.3 Å². The van der Waals surface area contributed by atoms with E-state index in [1.54, 1.807) is 0 Å². The zero-order chi connectivity index (χ0) is 15.4.